The van der Waals surface area contributed by atoms with Gasteiger partial charge in [0.15, 0.2) is 0 Å². The molecule has 8 aromatic rings. The zero-order valence-electron chi connectivity index (χ0n) is 31.9. The number of rotatable bonds is 6. The van der Waals surface area contributed by atoms with E-state index in [0.29, 0.717) is 0 Å². The van der Waals surface area contributed by atoms with Crippen LogP contribution in [0.5, 0.6) is 0 Å². The number of para-hydroxylation sites is 2. The average Bonchev–Trinajstić information content (AvgIpc) is 3.64. The van der Waals surface area contributed by atoms with Crippen LogP contribution in [0.1, 0.15) is 52.7 Å². The van der Waals surface area contributed by atoms with Gasteiger partial charge in [0.1, 0.15) is 11.2 Å². The third-order valence-corrected chi connectivity index (χ3v) is 9.39. The number of aromatic nitrogens is 2. The van der Waals surface area contributed by atoms with Gasteiger partial charge in [0.05, 0.1) is 22.1 Å². The summed E-state index contributed by atoms with van der Waals surface area (Å²) in [4.78, 5) is 26.4. The minimum Gasteiger partial charge on any atom is -0.443 e. The molecule has 2 N–H and O–H groups in total. The van der Waals surface area contributed by atoms with Crippen LogP contribution in [0, 0.1) is 0 Å². The minimum absolute atomic E-state index is 0.388. The van der Waals surface area contributed by atoms with E-state index >= 15 is 0 Å². The largest absolute Gasteiger partial charge is 0.443 e. The average molecular weight is 729 g/mol. The number of hydrogen-bond acceptors (Lipinski definition) is 6. The highest BCUT2D eigenvalue weighted by atomic mass is 16.6. The Bertz CT molecular complexity index is 2540. The van der Waals surface area contributed by atoms with Crippen molar-refractivity contribution in [2.24, 2.45) is 0 Å². The van der Waals surface area contributed by atoms with Crippen molar-refractivity contribution in [2.45, 2.75) is 59.2 Å². The van der Waals surface area contributed by atoms with Crippen LogP contribution in [0.25, 0.3) is 43.6 Å². The van der Waals surface area contributed by atoms with Crippen LogP contribution < -0.4 is 10.6 Å². The predicted octanol–water partition coefficient (Wildman–Crippen LogP) is 12.5. The second-order valence-corrected chi connectivity index (χ2v) is 16.0. The Balaban J connectivity index is 0.950. The number of carbonyl (C=O) groups is 2. The maximum Gasteiger partial charge on any atom is 0.419 e. The van der Waals surface area contributed by atoms with Crippen LogP contribution in [0.2, 0.25) is 0 Å². The van der Waals surface area contributed by atoms with E-state index in [-0.39, 0.29) is 12.2 Å². The van der Waals surface area contributed by atoms with Gasteiger partial charge in [-0.2, -0.15) is 0 Å². The fourth-order valence-corrected chi connectivity index (χ4v) is 7.09. The van der Waals surface area contributed by atoms with E-state index in [1.54, 1.807) is 9.13 Å². The first-order chi connectivity index (χ1) is 26.3. The van der Waals surface area contributed by atoms with Gasteiger partial charge in [0, 0.05) is 44.3 Å². The van der Waals surface area contributed by atoms with E-state index in [1.807, 2.05) is 114 Å². The maximum atomic E-state index is 13.2. The van der Waals surface area contributed by atoms with Gasteiger partial charge >= 0.3 is 12.2 Å². The van der Waals surface area contributed by atoms with Crippen molar-refractivity contribution in [3.8, 4) is 0 Å². The predicted molar refractivity (Wildman–Crippen MR) is 224 cm³/mol. The Morgan fingerprint density at radius 2 is 0.800 bits per heavy atom. The molecule has 2 aromatic heterocycles. The monoisotopic (exact) mass is 728 g/mol. The van der Waals surface area contributed by atoms with Crippen molar-refractivity contribution in [1.82, 2.24) is 9.13 Å². The Kier molecular flexibility index (Phi) is 8.84. The van der Waals surface area contributed by atoms with E-state index in [0.717, 1.165) is 72.8 Å². The Morgan fingerprint density at radius 1 is 0.455 bits per heavy atom. The summed E-state index contributed by atoms with van der Waals surface area (Å²) >= 11 is 0. The molecule has 0 unspecified atom stereocenters. The van der Waals surface area contributed by atoms with Gasteiger partial charge in [0.2, 0.25) is 0 Å². The number of anilines is 4. The molecule has 0 saturated heterocycles. The second-order valence-electron chi connectivity index (χ2n) is 16.0. The van der Waals surface area contributed by atoms with E-state index in [9.17, 15) is 9.59 Å². The molecule has 2 heterocycles. The summed E-state index contributed by atoms with van der Waals surface area (Å²) < 4.78 is 14.8. The number of nitrogens with one attached hydrogen (secondary N) is 2. The zero-order valence-corrected chi connectivity index (χ0v) is 31.9. The molecule has 0 atom stereocenters. The summed E-state index contributed by atoms with van der Waals surface area (Å²) in [5, 5.41) is 11.0. The normalized spacial score (nSPS) is 12.0. The molecular weight excluding hydrogens is 685 g/mol. The summed E-state index contributed by atoms with van der Waals surface area (Å²) in [6, 6.07) is 44.9. The fraction of sp³-hybridized carbons (Fsp3) is 0.191. The number of benzene rings is 6. The first-order valence-corrected chi connectivity index (χ1v) is 18.5. The third kappa shape index (κ3) is 7.36. The summed E-state index contributed by atoms with van der Waals surface area (Å²) in [6.45, 7) is 11.3. The molecule has 276 valence electrons. The minimum atomic E-state index is -0.600. The molecule has 55 heavy (non-hydrogen) atoms. The van der Waals surface area contributed by atoms with Gasteiger partial charge in [-0.05, 0) is 132 Å². The number of fused-ring (bicyclic) bond motifs is 6. The van der Waals surface area contributed by atoms with Crippen molar-refractivity contribution >= 4 is 78.5 Å². The van der Waals surface area contributed by atoms with E-state index in [2.05, 4.69) is 71.3 Å². The van der Waals surface area contributed by atoms with E-state index in [4.69, 9.17) is 9.47 Å². The summed E-state index contributed by atoms with van der Waals surface area (Å²) in [6.07, 6.45) is 0.0225. The molecule has 0 radical (unpaired) electrons. The second kappa shape index (κ2) is 13.7. The van der Waals surface area contributed by atoms with Crippen LogP contribution in [0.15, 0.2) is 133 Å². The lowest BCUT2D eigenvalue weighted by molar-refractivity contribution is 0.0540. The van der Waals surface area contributed by atoms with Crippen LogP contribution in [-0.2, 0) is 15.9 Å². The summed E-state index contributed by atoms with van der Waals surface area (Å²) in [5.41, 5.74) is 8.28. The molecule has 0 bridgehead atoms. The molecule has 0 fully saturated rings. The van der Waals surface area contributed by atoms with Crippen LogP contribution in [0.3, 0.4) is 0 Å². The van der Waals surface area contributed by atoms with Crippen LogP contribution in [0.4, 0.5) is 32.3 Å². The lowest BCUT2D eigenvalue weighted by Crippen LogP contribution is -2.27. The molecule has 8 heteroatoms. The molecule has 0 amide bonds. The van der Waals surface area contributed by atoms with Crippen molar-refractivity contribution in [1.29, 1.82) is 0 Å². The lowest BCUT2D eigenvalue weighted by atomic mass is 10.0. The number of hydrogen-bond donors (Lipinski definition) is 2. The topological polar surface area (TPSA) is 86.5 Å². The van der Waals surface area contributed by atoms with Crippen molar-refractivity contribution in [2.75, 3.05) is 10.6 Å². The molecule has 0 saturated carbocycles. The van der Waals surface area contributed by atoms with E-state index in [1.165, 1.54) is 11.1 Å². The lowest BCUT2D eigenvalue weighted by Gasteiger charge is -2.20. The molecule has 6 aromatic carbocycles. The highest BCUT2D eigenvalue weighted by Gasteiger charge is 2.24. The first kappa shape index (κ1) is 35.5. The molecule has 0 aliphatic carbocycles. The van der Waals surface area contributed by atoms with Gasteiger partial charge in [-0.25, -0.2) is 18.7 Å². The van der Waals surface area contributed by atoms with Crippen molar-refractivity contribution in [3.05, 3.63) is 145 Å². The highest BCUT2D eigenvalue weighted by Crippen LogP contribution is 2.34. The fourth-order valence-electron chi connectivity index (χ4n) is 7.09. The molecule has 0 spiro atoms. The Hall–Kier alpha value is -6.54. The standard InChI is InChI=1S/C47H44N4O4/c1-46(2,3)54-44(52)50-40-13-9-7-11-36(40)38-28-34(23-25-42(38)50)48-32-19-15-30(16-20-32)27-31-17-21-33(22-18-31)49-35-24-26-43-39(29-35)37-12-8-10-14-41(37)51(43)45(53)55-47(4,5)6/h7-26,28-29,48-49H,27H2,1-6H3. The van der Waals surface area contributed by atoms with Crippen molar-refractivity contribution < 1.29 is 19.1 Å². The number of carbonyl (C=O) groups excluding carboxylic acids is 2. The number of ether oxygens (including phenoxy) is 2. The zero-order chi connectivity index (χ0) is 38.5. The number of nitrogens with zero attached hydrogens (tertiary/aromatic N) is 2. The quantitative estimate of drug-likeness (QED) is 0.177. The Labute approximate surface area is 320 Å². The third-order valence-electron chi connectivity index (χ3n) is 9.39. The van der Waals surface area contributed by atoms with Gasteiger partial charge in [-0.3, -0.25) is 0 Å². The van der Waals surface area contributed by atoms with Crippen LogP contribution >= 0.6 is 0 Å². The van der Waals surface area contributed by atoms with E-state index < -0.39 is 11.2 Å². The molecule has 8 rings (SSSR count). The summed E-state index contributed by atoms with van der Waals surface area (Å²) in [5.74, 6) is 0. The smallest absolute Gasteiger partial charge is 0.419 e. The van der Waals surface area contributed by atoms with Crippen LogP contribution in [-0.4, -0.2) is 32.5 Å². The highest BCUT2D eigenvalue weighted by molar-refractivity contribution is 6.14. The SMILES string of the molecule is CC(C)(C)OC(=O)n1c2ccccc2c2cc(Nc3ccc(Cc4ccc(Nc5ccc6c(c5)c5ccccc5n6C(=O)OC(C)(C)C)cc4)cc3)ccc21. The molecule has 0 aliphatic rings. The molecule has 0 aliphatic heterocycles. The Morgan fingerprint density at radius 3 is 1.18 bits per heavy atom. The van der Waals surface area contributed by atoms with Gasteiger partial charge in [-0.1, -0.05) is 60.7 Å². The van der Waals surface area contributed by atoms with Gasteiger partial charge in [-0.15, -0.1) is 0 Å². The van der Waals surface area contributed by atoms with Gasteiger partial charge in [0.25, 0.3) is 0 Å². The maximum absolute atomic E-state index is 13.2. The van der Waals surface area contributed by atoms with Crippen molar-refractivity contribution in [3.63, 3.8) is 0 Å². The van der Waals surface area contributed by atoms with Gasteiger partial charge < -0.3 is 20.1 Å². The molecule has 8 nitrogen and oxygen atoms in total. The summed E-state index contributed by atoms with van der Waals surface area (Å²) in [7, 11) is 0. The molecular formula is C47H44N4O4. The first-order valence-electron chi connectivity index (χ1n) is 18.5.